The van der Waals surface area contributed by atoms with Gasteiger partial charge in [-0.05, 0) is 43.4 Å². The Hall–Kier alpha value is -3.95. The van der Waals surface area contributed by atoms with E-state index in [1.165, 1.54) is 18.5 Å². The molecule has 0 radical (unpaired) electrons. The molecule has 10 heteroatoms. The molecule has 3 heterocycles. The second kappa shape index (κ2) is 7.03. The minimum Gasteiger partial charge on any atom is -0.383 e. The fourth-order valence-corrected chi connectivity index (χ4v) is 4.06. The smallest absolute Gasteiger partial charge is 0.325 e. The summed E-state index contributed by atoms with van der Waals surface area (Å²) in [5.41, 5.74) is 8.31. The Kier molecular flexibility index (Phi) is 4.20. The number of hydrogen-bond donors (Lipinski definition) is 3. The van der Waals surface area contributed by atoms with Crippen molar-refractivity contribution >= 4 is 34.4 Å². The minimum atomic E-state index is -0.606. The van der Waals surface area contributed by atoms with Crippen LogP contribution in [0.3, 0.4) is 0 Å². The first-order valence-corrected chi connectivity index (χ1v) is 10.9. The molecular formula is C23H22FN7O2. The Morgan fingerprint density at radius 3 is 2.79 bits per heavy atom. The van der Waals surface area contributed by atoms with Crippen molar-refractivity contribution in [3.8, 4) is 11.1 Å². The largest absolute Gasteiger partial charge is 0.383 e. The predicted molar refractivity (Wildman–Crippen MR) is 121 cm³/mol. The summed E-state index contributed by atoms with van der Waals surface area (Å²) >= 11 is 0. The third kappa shape index (κ3) is 3.47. The molecule has 0 unspecified atom stereocenters. The Bertz CT molecular complexity index is 1400. The van der Waals surface area contributed by atoms with Crippen LogP contribution in [0.1, 0.15) is 44.4 Å². The van der Waals surface area contributed by atoms with Crippen molar-refractivity contribution in [2.45, 2.75) is 44.1 Å². The molecule has 6 rings (SSSR count). The third-order valence-electron chi connectivity index (χ3n) is 6.45. The van der Waals surface area contributed by atoms with Crippen LogP contribution in [0.25, 0.3) is 22.2 Å². The summed E-state index contributed by atoms with van der Waals surface area (Å²) < 4.78 is 22.3. The number of carbonyl (C=O) groups excluding carboxylic acids is 1. The zero-order chi connectivity index (χ0) is 22.7. The number of benzene rings is 1. The predicted octanol–water partition coefficient (Wildman–Crippen LogP) is 4.84. The molecule has 2 aliphatic rings. The lowest BCUT2D eigenvalue weighted by Crippen LogP contribution is -2.20. The molecule has 0 spiro atoms. The lowest BCUT2D eigenvalue weighted by atomic mass is 10.1. The maximum Gasteiger partial charge on any atom is 0.325 e. The van der Waals surface area contributed by atoms with E-state index in [0.717, 1.165) is 42.7 Å². The standard InChI is InChI=1S/C23H22FN7O2/c1-23(6-7-23)17-9-18(30-33-17)29-22(32)28-16-5-2-12(8-15(16)24)14-10-31(13-3-4-13)21-19(14)20(25)26-11-27-21/h2,5,8-11,13H,3-4,6-7H2,1H3,(H2,25,26,27)(H2,28,29,30,32). The van der Waals surface area contributed by atoms with Crippen molar-refractivity contribution in [2.75, 3.05) is 16.4 Å². The first kappa shape index (κ1) is 19.7. The summed E-state index contributed by atoms with van der Waals surface area (Å²) in [6.07, 6.45) is 7.60. The van der Waals surface area contributed by atoms with Crippen LogP contribution in [-0.4, -0.2) is 25.7 Å². The second-order valence-corrected chi connectivity index (χ2v) is 9.05. The van der Waals surface area contributed by atoms with Crippen molar-refractivity contribution in [1.29, 1.82) is 0 Å². The number of nitrogens with zero attached hydrogens (tertiary/aromatic N) is 4. The van der Waals surface area contributed by atoms with Crippen LogP contribution in [0.4, 0.5) is 26.5 Å². The van der Waals surface area contributed by atoms with E-state index in [-0.39, 0.29) is 16.9 Å². The highest BCUT2D eigenvalue weighted by atomic mass is 19.1. The second-order valence-electron chi connectivity index (χ2n) is 9.05. The van der Waals surface area contributed by atoms with Crippen molar-refractivity contribution < 1.29 is 13.7 Å². The van der Waals surface area contributed by atoms with E-state index in [0.29, 0.717) is 22.8 Å². The van der Waals surface area contributed by atoms with Gasteiger partial charge >= 0.3 is 6.03 Å². The summed E-state index contributed by atoms with van der Waals surface area (Å²) in [7, 11) is 0. The van der Waals surface area contributed by atoms with E-state index in [1.54, 1.807) is 12.1 Å². The van der Waals surface area contributed by atoms with Crippen LogP contribution < -0.4 is 16.4 Å². The Labute approximate surface area is 188 Å². The first-order chi connectivity index (χ1) is 15.9. The molecule has 2 fully saturated rings. The lowest BCUT2D eigenvalue weighted by Gasteiger charge is -2.08. The summed E-state index contributed by atoms with van der Waals surface area (Å²) in [4.78, 5) is 20.9. The molecule has 2 saturated carbocycles. The Morgan fingerprint density at radius 1 is 1.24 bits per heavy atom. The molecule has 4 aromatic rings. The lowest BCUT2D eigenvalue weighted by molar-refractivity contribution is 0.261. The quantitative estimate of drug-likeness (QED) is 0.402. The topological polar surface area (TPSA) is 124 Å². The minimum absolute atomic E-state index is 0.00239. The third-order valence-corrected chi connectivity index (χ3v) is 6.45. The van der Waals surface area contributed by atoms with Gasteiger partial charge in [-0.1, -0.05) is 18.1 Å². The number of rotatable bonds is 5. The van der Waals surface area contributed by atoms with Crippen LogP contribution in [0.5, 0.6) is 0 Å². The number of carbonyl (C=O) groups is 1. The Morgan fingerprint density at radius 2 is 2.06 bits per heavy atom. The van der Waals surface area contributed by atoms with Crippen LogP contribution in [0.2, 0.25) is 0 Å². The average Bonchev–Trinajstić information content (AvgIpc) is 3.68. The number of amides is 2. The van der Waals surface area contributed by atoms with Gasteiger partial charge in [0.25, 0.3) is 0 Å². The molecule has 0 atom stereocenters. The number of hydrogen-bond acceptors (Lipinski definition) is 6. The van der Waals surface area contributed by atoms with Crippen molar-refractivity contribution in [3.63, 3.8) is 0 Å². The number of halogens is 1. The van der Waals surface area contributed by atoms with E-state index in [1.807, 2.05) is 6.20 Å². The van der Waals surface area contributed by atoms with Gasteiger partial charge in [0.15, 0.2) is 5.82 Å². The van der Waals surface area contributed by atoms with Gasteiger partial charge in [-0.3, -0.25) is 5.32 Å². The molecule has 0 aliphatic heterocycles. The van der Waals surface area contributed by atoms with Gasteiger partial charge in [-0.2, -0.15) is 0 Å². The molecule has 2 aliphatic carbocycles. The van der Waals surface area contributed by atoms with Gasteiger partial charge in [-0.25, -0.2) is 19.2 Å². The summed E-state index contributed by atoms with van der Waals surface area (Å²) in [6, 6.07) is 6.10. The Balaban J connectivity index is 1.24. The van der Waals surface area contributed by atoms with E-state index in [9.17, 15) is 9.18 Å². The highest BCUT2D eigenvalue weighted by molar-refractivity contribution is 6.02. The van der Waals surface area contributed by atoms with Gasteiger partial charge in [0.05, 0.1) is 11.1 Å². The van der Waals surface area contributed by atoms with Crippen molar-refractivity contribution in [1.82, 2.24) is 19.7 Å². The number of nitrogen functional groups attached to an aromatic ring is 1. The molecule has 1 aromatic carbocycles. The fourth-order valence-electron chi connectivity index (χ4n) is 4.06. The number of nitrogens with one attached hydrogen (secondary N) is 2. The number of urea groups is 1. The highest BCUT2D eigenvalue weighted by Gasteiger charge is 2.43. The van der Waals surface area contributed by atoms with Crippen LogP contribution in [0.15, 0.2) is 41.3 Å². The zero-order valence-electron chi connectivity index (χ0n) is 17.9. The van der Waals surface area contributed by atoms with Crippen LogP contribution >= 0.6 is 0 Å². The SMILES string of the molecule is CC1(c2cc(NC(=O)Nc3ccc(-c4cn(C5CC5)c5ncnc(N)c45)cc3F)no2)CC1. The van der Waals surface area contributed by atoms with E-state index in [2.05, 4.69) is 37.2 Å². The van der Waals surface area contributed by atoms with Gasteiger partial charge in [0, 0.05) is 29.3 Å². The van der Waals surface area contributed by atoms with E-state index in [4.69, 9.17) is 10.3 Å². The fraction of sp³-hybridized carbons (Fsp3) is 0.304. The molecule has 4 N–H and O–H groups in total. The number of nitrogens with two attached hydrogens (primary N) is 1. The first-order valence-electron chi connectivity index (χ1n) is 10.9. The highest BCUT2D eigenvalue weighted by Crippen LogP contribution is 2.48. The molecule has 0 saturated heterocycles. The molecule has 9 nitrogen and oxygen atoms in total. The van der Waals surface area contributed by atoms with Gasteiger partial charge < -0.3 is 20.1 Å². The van der Waals surface area contributed by atoms with Crippen molar-refractivity contribution in [2.24, 2.45) is 0 Å². The maximum absolute atomic E-state index is 14.9. The summed E-state index contributed by atoms with van der Waals surface area (Å²) in [5, 5.41) is 9.68. The van der Waals surface area contributed by atoms with E-state index >= 15 is 0 Å². The summed E-state index contributed by atoms with van der Waals surface area (Å²) in [5.74, 6) is 0.804. The van der Waals surface area contributed by atoms with Crippen LogP contribution in [-0.2, 0) is 5.41 Å². The average molecular weight is 447 g/mol. The monoisotopic (exact) mass is 447 g/mol. The normalized spacial score (nSPS) is 16.7. The summed E-state index contributed by atoms with van der Waals surface area (Å²) in [6.45, 7) is 2.08. The number of fused-ring (bicyclic) bond motifs is 1. The van der Waals surface area contributed by atoms with Gasteiger partial charge in [0.1, 0.15) is 29.4 Å². The number of aromatic nitrogens is 4. The zero-order valence-corrected chi connectivity index (χ0v) is 17.9. The molecule has 2 amide bonds. The van der Waals surface area contributed by atoms with Crippen molar-refractivity contribution in [3.05, 3.63) is 48.4 Å². The maximum atomic E-state index is 14.9. The molecular weight excluding hydrogens is 425 g/mol. The van der Waals surface area contributed by atoms with E-state index < -0.39 is 11.8 Å². The van der Waals surface area contributed by atoms with Crippen LogP contribution in [0, 0.1) is 5.82 Å². The molecule has 0 bridgehead atoms. The molecule has 33 heavy (non-hydrogen) atoms. The molecule has 3 aromatic heterocycles. The molecule has 168 valence electrons. The number of anilines is 3. The van der Waals surface area contributed by atoms with Gasteiger partial charge in [-0.15, -0.1) is 0 Å². The van der Waals surface area contributed by atoms with Gasteiger partial charge in [0.2, 0.25) is 0 Å².